The number of hydrogen-bond acceptors (Lipinski definition) is 2. The molecule has 4 heteroatoms. The summed E-state index contributed by atoms with van der Waals surface area (Å²) in [5.41, 5.74) is 3.85. The Labute approximate surface area is 112 Å². The number of methoxy groups -OCH3 is 1. The first-order chi connectivity index (χ1) is 9.06. The molecule has 0 aliphatic rings. The molecule has 100 valence electrons. The number of benzene rings is 1. The van der Waals surface area contributed by atoms with E-state index in [-0.39, 0.29) is 0 Å². The molecule has 4 nitrogen and oxygen atoms in total. The molecule has 0 radical (unpaired) electrons. The summed E-state index contributed by atoms with van der Waals surface area (Å²) in [4.78, 5) is 14.2. The summed E-state index contributed by atoms with van der Waals surface area (Å²) in [6.45, 7) is 3.82. The monoisotopic (exact) mass is 259 g/mol. The van der Waals surface area contributed by atoms with E-state index in [4.69, 9.17) is 9.84 Å². The van der Waals surface area contributed by atoms with Crippen molar-refractivity contribution in [2.75, 3.05) is 7.11 Å². The van der Waals surface area contributed by atoms with E-state index < -0.39 is 5.97 Å². The second-order valence-corrected chi connectivity index (χ2v) is 4.41. The molecule has 0 saturated heterocycles. The van der Waals surface area contributed by atoms with Crippen LogP contribution in [0.15, 0.2) is 24.3 Å². The Morgan fingerprint density at radius 2 is 2.11 bits per heavy atom. The van der Waals surface area contributed by atoms with Crippen molar-refractivity contribution in [1.29, 1.82) is 0 Å². The molecule has 0 aliphatic carbocycles. The number of nitrogens with one attached hydrogen (secondary N) is 1. The minimum absolute atomic E-state index is 0.309. The van der Waals surface area contributed by atoms with Gasteiger partial charge in [0, 0.05) is 11.4 Å². The normalized spacial score (nSPS) is 10.5. The van der Waals surface area contributed by atoms with Crippen molar-refractivity contribution >= 4 is 5.97 Å². The van der Waals surface area contributed by atoms with Crippen molar-refractivity contribution in [3.05, 3.63) is 41.1 Å². The first kappa shape index (κ1) is 13.2. The fourth-order valence-electron chi connectivity index (χ4n) is 2.16. The van der Waals surface area contributed by atoms with Crippen molar-refractivity contribution in [3.8, 4) is 17.0 Å². The van der Waals surface area contributed by atoms with Crippen LogP contribution >= 0.6 is 0 Å². The highest BCUT2D eigenvalue weighted by atomic mass is 16.5. The second-order valence-electron chi connectivity index (χ2n) is 4.41. The quantitative estimate of drug-likeness (QED) is 0.885. The number of aromatic nitrogens is 1. The molecule has 0 spiro atoms. The Kier molecular flexibility index (Phi) is 3.60. The van der Waals surface area contributed by atoms with Gasteiger partial charge in [-0.1, -0.05) is 6.92 Å². The highest BCUT2D eigenvalue weighted by molar-refractivity contribution is 5.91. The zero-order valence-corrected chi connectivity index (χ0v) is 11.3. The third kappa shape index (κ3) is 2.47. The van der Waals surface area contributed by atoms with Gasteiger partial charge in [-0.05, 0) is 48.7 Å². The van der Waals surface area contributed by atoms with Gasteiger partial charge in [-0.15, -0.1) is 0 Å². The van der Waals surface area contributed by atoms with E-state index >= 15 is 0 Å². The van der Waals surface area contributed by atoms with Crippen LogP contribution in [0.25, 0.3) is 11.3 Å². The maximum absolute atomic E-state index is 11.0. The highest BCUT2D eigenvalue weighted by Gasteiger charge is 2.13. The predicted molar refractivity (Wildman–Crippen MR) is 73.9 cm³/mol. The van der Waals surface area contributed by atoms with Crippen molar-refractivity contribution in [2.24, 2.45) is 0 Å². The van der Waals surface area contributed by atoms with Gasteiger partial charge in [-0.2, -0.15) is 0 Å². The number of H-pyrrole nitrogens is 1. The molecule has 0 amide bonds. The van der Waals surface area contributed by atoms with Gasteiger partial charge in [0.05, 0.1) is 12.7 Å². The van der Waals surface area contributed by atoms with Crippen LogP contribution in [0.3, 0.4) is 0 Å². The molecule has 19 heavy (non-hydrogen) atoms. The largest absolute Gasteiger partial charge is 0.496 e. The number of carboxylic acids is 1. The third-order valence-corrected chi connectivity index (χ3v) is 3.22. The minimum Gasteiger partial charge on any atom is -0.496 e. The lowest BCUT2D eigenvalue weighted by molar-refractivity contribution is 0.0696. The number of rotatable bonds is 4. The summed E-state index contributed by atoms with van der Waals surface area (Å²) in [6, 6.07) is 7.52. The van der Waals surface area contributed by atoms with E-state index in [1.54, 1.807) is 20.1 Å². The first-order valence-corrected chi connectivity index (χ1v) is 6.17. The Bertz CT molecular complexity index is 614. The van der Waals surface area contributed by atoms with Crippen molar-refractivity contribution < 1.29 is 14.6 Å². The van der Waals surface area contributed by atoms with E-state index in [9.17, 15) is 4.79 Å². The van der Waals surface area contributed by atoms with E-state index in [1.807, 2.05) is 18.2 Å². The first-order valence-electron chi connectivity index (χ1n) is 6.17. The van der Waals surface area contributed by atoms with E-state index in [1.165, 1.54) is 0 Å². The number of hydrogen-bond donors (Lipinski definition) is 2. The molecule has 2 N–H and O–H groups in total. The topological polar surface area (TPSA) is 62.3 Å². The van der Waals surface area contributed by atoms with Crippen molar-refractivity contribution in [3.63, 3.8) is 0 Å². The number of carboxylic acid groups (broad SMARTS) is 1. The summed E-state index contributed by atoms with van der Waals surface area (Å²) in [5, 5.41) is 9.07. The lowest BCUT2D eigenvalue weighted by Crippen LogP contribution is -1.95. The molecule has 0 bridgehead atoms. The number of aryl methyl sites for hydroxylation is 2. The number of carbonyl (C=O) groups is 1. The Balaban J connectivity index is 2.47. The van der Waals surface area contributed by atoms with Gasteiger partial charge in [-0.25, -0.2) is 4.79 Å². The van der Waals surface area contributed by atoms with E-state index in [0.29, 0.717) is 11.3 Å². The van der Waals surface area contributed by atoms with Gasteiger partial charge in [0.15, 0.2) is 0 Å². The van der Waals surface area contributed by atoms with Crippen LogP contribution in [-0.4, -0.2) is 23.2 Å². The Hall–Kier alpha value is -2.23. The van der Waals surface area contributed by atoms with Crippen LogP contribution in [0.1, 0.15) is 28.5 Å². The van der Waals surface area contributed by atoms with Crippen molar-refractivity contribution in [2.45, 2.75) is 20.3 Å². The zero-order valence-electron chi connectivity index (χ0n) is 11.3. The third-order valence-electron chi connectivity index (χ3n) is 3.22. The summed E-state index contributed by atoms with van der Waals surface area (Å²) in [5.74, 6) is -0.0581. The van der Waals surface area contributed by atoms with Gasteiger partial charge in [-0.3, -0.25) is 0 Å². The standard InChI is InChI=1S/C15H17NO3/c1-4-10-7-11(5-6-14(10)19-3)13-8-12(15(17)18)9(2)16-13/h5-8,16H,4H2,1-3H3,(H,17,18). The molecule has 0 atom stereocenters. The molecule has 1 aromatic heterocycles. The fourth-order valence-corrected chi connectivity index (χ4v) is 2.16. The molecular formula is C15H17NO3. The Morgan fingerprint density at radius 1 is 1.37 bits per heavy atom. The summed E-state index contributed by atoms with van der Waals surface area (Å²) in [7, 11) is 1.65. The summed E-state index contributed by atoms with van der Waals surface area (Å²) >= 11 is 0. The highest BCUT2D eigenvalue weighted by Crippen LogP contribution is 2.27. The van der Waals surface area contributed by atoms with Gasteiger partial charge in [0.25, 0.3) is 0 Å². The van der Waals surface area contributed by atoms with Crippen LogP contribution in [-0.2, 0) is 6.42 Å². The summed E-state index contributed by atoms with van der Waals surface area (Å²) < 4.78 is 5.29. The van der Waals surface area contributed by atoms with E-state index in [2.05, 4.69) is 11.9 Å². The fraction of sp³-hybridized carbons (Fsp3) is 0.267. The zero-order chi connectivity index (χ0) is 14.0. The molecule has 2 rings (SSSR count). The maximum atomic E-state index is 11.0. The van der Waals surface area contributed by atoms with Crippen LogP contribution < -0.4 is 4.74 Å². The lowest BCUT2D eigenvalue weighted by Gasteiger charge is -2.08. The molecule has 2 aromatic rings. The Morgan fingerprint density at radius 3 is 2.63 bits per heavy atom. The molecule has 1 heterocycles. The maximum Gasteiger partial charge on any atom is 0.337 e. The average Bonchev–Trinajstić information content (AvgIpc) is 2.80. The van der Waals surface area contributed by atoms with Crippen LogP contribution in [0, 0.1) is 6.92 Å². The number of aromatic amines is 1. The van der Waals surface area contributed by atoms with Gasteiger partial charge in [0.2, 0.25) is 0 Å². The van der Waals surface area contributed by atoms with Crippen LogP contribution in [0.4, 0.5) is 0 Å². The number of ether oxygens (including phenoxy) is 1. The lowest BCUT2D eigenvalue weighted by atomic mass is 10.1. The smallest absolute Gasteiger partial charge is 0.337 e. The second kappa shape index (κ2) is 5.18. The van der Waals surface area contributed by atoms with Crippen molar-refractivity contribution in [1.82, 2.24) is 4.98 Å². The van der Waals surface area contributed by atoms with Gasteiger partial charge < -0.3 is 14.8 Å². The van der Waals surface area contributed by atoms with Gasteiger partial charge >= 0.3 is 5.97 Å². The SMILES string of the molecule is CCc1cc(-c2cc(C(=O)O)c(C)[nH]2)ccc1OC. The minimum atomic E-state index is -0.913. The molecule has 0 unspecified atom stereocenters. The van der Waals surface area contributed by atoms with Gasteiger partial charge in [0.1, 0.15) is 5.75 Å². The van der Waals surface area contributed by atoms with E-state index in [0.717, 1.165) is 29.0 Å². The average molecular weight is 259 g/mol. The molecule has 0 saturated carbocycles. The van der Waals surface area contributed by atoms with Crippen LogP contribution in [0.2, 0.25) is 0 Å². The molecular weight excluding hydrogens is 242 g/mol. The number of aromatic carboxylic acids is 1. The molecule has 0 fully saturated rings. The predicted octanol–water partition coefficient (Wildman–Crippen LogP) is 3.26. The molecule has 1 aromatic carbocycles. The summed E-state index contributed by atoms with van der Waals surface area (Å²) in [6.07, 6.45) is 0.864. The van der Waals surface area contributed by atoms with Crippen LogP contribution in [0.5, 0.6) is 5.75 Å². The molecule has 0 aliphatic heterocycles.